The number of ether oxygens (including phenoxy) is 4. The summed E-state index contributed by atoms with van der Waals surface area (Å²) in [5, 5.41) is 10.6. The Hall–Kier alpha value is -3.76. The van der Waals surface area contributed by atoms with Gasteiger partial charge in [-0.15, -0.1) is 0 Å². The van der Waals surface area contributed by atoms with E-state index in [-0.39, 0.29) is 25.7 Å². The number of hydrogen-bond donors (Lipinski definition) is 3. The maximum absolute atomic E-state index is 13.1. The summed E-state index contributed by atoms with van der Waals surface area (Å²) in [6.45, 7) is 4.75. The average molecular weight is 1420 g/mol. The predicted molar refractivity (Wildman–Crippen MR) is 399 cm³/mol. The number of phosphoric acid groups is 2. The fourth-order valence-corrected chi connectivity index (χ4v) is 11.9. The van der Waals surface area contributed by atoms with Crippen LogP contribution in [0.5, 0.6) is 0 Å². The minimum Gasteiger partial charge on any atom is -0.462 e. The van der Waals surface area contributed by atoms with Gasteiger partial charge in [0.25, 0.3) is 0 Å². The molecule has 0 rings (SSSR count). The number of allylic oxidation sites excluding steroid dienone is 14. The maximum atomic E-state index is 13.1. The van der Waals surface area contributed by atoms with Crippen LogP contribution in [-0.2, 0) is 65.4 Å². The van der Waals surface area contributed by atoms with Gasteiger partial charge in [0.2, 0.25) is 0 Å². The Labute approximate surface area is 595 Å². The van der Waals surface area contributed by atoms with E-state index in [9.17, 15) is 43.2 Å². The van der Waals surface area contributed by atoms with Gasteiger partial charge < -0.3 is 33.8 Å². The third-order valence-corrected chi connectivity index (χ3v) is 18.2. The van der Waals surface area contributed by atoms with Crippen molar-refractivity contribution in [3.63, 3.8) is 0 Å². The van der Waals surface area contributed by atoms with Gasteiger partial charge in [0.1, 0.15) is 19.3 Å². The molecular weight excluding hydrogens is 1280 g/mol. The minimum atomic E-state index is -4.99. The van der Waals surface area contributed by atoms with E-state index in [2.05, 4.69) is 101 Å². The van der Waals surface area contributed by atoms with Gasteiger partial charge >= 0.3 is 39.5 Å². The molecule has 0 aromatic rings. The third-order valence-electron chi connectivity index (χ3n) is 16.3. The molecule has 19 heteroatoms. The summed E-state index contributed by atoms with van der Waals surface area (Å²) >= 11 is 0. The normalized spacial score (nSPS) is 14.4. The quantitative estimate of drug-likeness (QED) is 0.0169. The Bertz CT molecular complexity index is 2190. The number of aliphatic hydroxyl groups is 1. The fraction of sp³-hybridized carbons (Fsp3) is 0.772. The van der Waals surface area contributed by atoms with Crippen molar-refractivity contribution in [3.8, 4) is 0 Å². The van der Waals surface area contributed by atoms with Crippen molar-refractivity contribution in [2.45, 2.75) is 354 Å². The van der Waals surface area contributed by atoms with E-state index in [0.717, 1.165) is 135 Å². The van der Waals surface area contributed by atoms with Crippen molar-refractivity contribution >= 4 is 39.5 Å². The number of phosphoric ester groups is 2. The molecule has 0 aliphatic carbocycles. The number of unbranched alkanes of at least 4 members (excludes halogenated alkanes) is 33. The number of carbonyl (C=O) groups is 4. The molecule has 0 spiro atoms. The van der Waals surface area contributed by atoms with Crippen molar-refractivity contribution < 1.29 is 80.2 Å². The number of carbonyl (C=O) groups excluding carboxylic acids is 4. The van der Waals surface area contributed by atoms with Gasteiger partial charge in [-0.05, 0) is 122 Å². The Morgan fingerprint density at radius 3 is 0.847 bits per heavy atom. The van der Waals surface area contributed by atoms with Crippen LogP contribution in [0.2, 0.25) is 0 Å². The zero-order valence-corrected chi connectivity index (χ0v) is 63.7. The second-order valence-electron chi connectivity index (χ2n) is 25.9. The molecule has 0 amide bonds. The molecule has 2 unspecified atom stereocenters. The topological polar surface area (TPSA) is 237 Å². The van der Waals surface area contributed by atoms with E-state index in [1.807, 2.05) is 12.2 Å². The summed E-state index contributed by atoms with van der Waals surface area (Å²) in [6.07, 6.45) is 72.9. The lowest BCUT2D eigenvalue weighted by Gasteiger charge is -2.21. The molecule has 98 heavy (non-hydrogen) atoms. The first-order valence-corrected chi connectivity index (χ1v) is 41.8. The standard InChI is InChI=1S/C79H140O17P2/c1-5-9-13-17-21-25-29-33-35-36-38-42-46-50-54-58-62-66-79(84)96-75(69-89-76(81)63-59-55-51-47-43-39-31-27-23-19-15-11-7-3)72-94-98(87,88)92-68-73(80)67-91-97(85,86)93-71-74(95-78(83)65-61-57-53-49-45-40-32-28-24-20-16-12-8-4)70-90-77(82)64-60-56-52-48-44-41-37-34-30-26-22-18-14-10-6-2/h21-22,25-27,31,33-35,37-38,42,50,54,73-75,80H,5-20,23-24,28-30,32,36,39-41,43-49,51-53,55-72H2,1-4H3,(H,85,86)(H,87,88)/b25-21-,26-22-,31-27-,35-33-,37-34-,42-38-,54-50-/t73-,74+,75+/m0/s1. The van der Waals surface area contributed by atoms with E-state index >= 15 is 0 Å². The number of rotatable bonds is 73. The van der Waals surface area contributed by atoms with Gasteiger partial charge in [-0.2, -0.15) is 0 Å². The minimum absolute atomic E-state index is 0.0190. The number of hydrogen-bond acceptors (Lipinski definition) is 15. The van der Waals surface area contributed by atoms with Gasteiger partial charge in [0, 0.05) is 25.7 Å². The second kappa shape index (κ2) is 71.6. The molecular formula is C79H140O17P2. The molecule has 0 saturated carbocycles. The van der Waals surface area contributed by atoms with Gasteiger partial charge in [-0.1, -0.05) is 273 Å². The molecule has 0 bridgehead atoms. The predicted octanol–water partition coefficient (Wildman–Crippen LogP) is 22.2. The Balaban J connectivity index is 5.39. The van der Waals surface area contributed by atoms with Gasteiger partial charge in [0.15, 0.2) is 12.2 Å². The highest BCUT2D eigenvalue weighted by atomic mass is 31.2. The number of esters is 4. The zero-order chi connectivity index (χ0) is 71.8. The molecule has 0 aliphatic rings. The van der Waals surface area contributed by atoms with Crippen molar-refractivity contribution in [2.75, 3.05) is 39.6 Å². The molecule has 0 fully saturated rings. The van der Waals surface area contributed by atoms with Crippen LogP contribution in [0.4, 0.5) is 0 Å². The molecule has 0 aromatic carbocycles. The fourth-order valence-electron chi connectivity index (χ4n) is 10.4. The average Bonchev–Trinajstić information content (AvgIpc) is 1.02. The molecule has 0 aromatic heterocycles. The van der Waals surface area contributed by atoms with Crippen molar-refractivity contribution in [1.29, 1.82) is 0 Å². The highest BCUT2D eigenvalue weighted by Gasteiger charge is 2.30. The highest BCUT2D eigenvalue weighted by molar-refractivity contribution is 7.47. The summed E-state index contributed by atoms with van der Waals surface area (Å²) in [4.78, 5) is 72.8. The van der Waals surface area contributed by atoms with Crippen LogP contribution in [0, 0.1) is 0 Å². The summed E-state index contributed by atoms with van der Waals surface area (Å²) in [7, 11) is -9.96. The molecule has 0 radical (unpaired) electrons. The second-order valence-corrected chi connectivity index (χ2v) is 28.9. The third kappa shape index (κ3) is 70.7. The first kappa shape index (κ1) is 94.2. The lowest BCUT2D eigenvalue weighted by atomic mass is 10.0. The van der Waals surface area contributed by atoms with Crippen LogP contribution in [0.1, 0.15) is 336 Å². The van der Waals surface area contributed by atoms with Gasteiger partial charge in [0.05, 0.1) is 26.4 Å². The van der Waals surface area contributed by atoms with Crippen LogP contribution < -0.4 is 0 Å². The van der Waals surface area contributed by atoms with Crippen LogP contribution in [0.15, 0.2) is 85.1 Å². The molecule has 0 aliphatic heterocycles. The molecule has 3 N–H and O–H groups in total. The van der Waals surface area contributed by atoms with E-state index in [0.29, 0.717) is 32.1 Å². The first-order valence-electron chi connectivity index (χ1n) is 38.8. The smallest absolute Gasteiger partial charge is 0.462 e. The Kier molecular flexibility index (Phi) is 68.9. The highest BCUT2D eigenvalue weighted by Crippen LogP contribution is 2.45. The summed E-state index contributed by atoms with van der Waals surface area (Å²) < 4.78 is 68.4. The van der Waals surface area contributed by atoms with Crippen LogP contribution in [0.25, 0.3) is 0 Å². The SMILES string of the molecule is CCCCC/C=C\C/C=C\C/C=C\C/C=C\CCCC(=O)O[C@H](COC(=O)CCCCCCC/C=C\CCCCCC)COP(=O)(O)OC[C@@H](O)COP(=O)(O)OC[C@@H](COC(=O)CCCCCCC/C=C\C/C=C\CCCCC)OC(=O)CCCCCCCCCCCCCCC. The van der Waals surface area contributed by atoms with Crippen molar-refractivity contribution in [3.05, 3.63) is 85.1 Å². The summed E-state index contributed by atoms with van der Waals surface area (Å²) in [5.41, 5.74) is 0. The molecule has 17 nitrogen and oxygen atoms in total. The summed E-state index contributed by atoms with van der Waals surface area (Å²) in [5.74, 6) is -2.25. The Morgan fingerprint density at radius 1 is 0.286 bits per heavy atom. The van der Waals surface area contributed by atoms with E-state index in [4.69, 9.17) is 37.0 Å². The molecule has 0 saturated heterocycles. The van der Waals surface area contributed by atoms with Gasteiger partial charge in [-0.25, -0.2) is 9.13 Å². The molecule has 5 atom stereocenters. The Morgan fingerprint density at radius 2 is 0.510 bits per heavy atom. The van der Waals surface area contributed by atoms with Crippen molar-refractivity contribution in [2.24, 2.45) is 0 Å². The van der Waals surface area contributed by atoms with E-state index in [1.54, 1.807) is 0 Å². The molecule has 568 valence electrons. The largest absolute Gasteiger partial charge is 0.472 e. The van der Waals surface area contributed by atoms with E-state index < -0.39 is 97.5 Å². The van der Waals surface area contributed by atoms with Crippen LogP contribution in [-0.4, -0.2) is 96.7 Å². The van der Waals surface area contributed by atoms with E-state index in [1.165, 1.54) is 116 Å². The van der Waals surface area contributed by atoms with Crippen molar-refractivity contribution in [1.82, 2.24) is 0 Å². The lowest BCUT2D eigenvalue weighted by Crippen LogP contribution is -2.30. The number of aliphatic hydroxyl groups excluding tert-OH is 1. The zero-order valence-electron chi connectivity index (χ0n) is 62.0. The first-order chi connectivity index (χ1) is 47.7. The van der Waals surface area contributed by atoms with Gasteiger partial charge in [-0.3, -0.25) is 37.3 Å². The van der Waals surface area contributed by atoms with Crippen LogP contribution in [0.3, 0.4) is 0 Å². The molecule has 0 heterocycles. The summed E-state index contributed by atoms with van der Waals surface area (Å²) in [6, 6.07) is 0. The van der Waals surface area contributed by atoms with Crippen LogP contribution >= 0.6 is 15.6 Å². The monoisotopic (exact) mass is 1420 g/mol. The maximum Gasteiger partial charge on any atom is 0.472 e. The lowest BCUT2D eigenvalue weighted by molar-refractivity contribution is -0.161.